The number of hydrogen-bond donors (Lipinski definition) is 1. The molecule has 0 bridgehead atoms. The molecule has 0 spiro atoms. The van der Waals surface area contributed by atoms with Crippen molar-refractivity contribution in [3.05, 3.63) is 163 Å². The standard InChI is InChI=1S/C42H26N4O/c1-3-10-25(11-4-1)40-44-41(26-12-5-2-6-13-26)46-42(45-40)39-38-33-19-18-27(24-36(33)47-35(38)20-21-43-39)29-22-28-14-9-17-32-30-15-7-8-16-31(30)34(23-29)37(28)32/h1-24,40H,(H,44,45,46). The molecule has 0 saturated carbocycles. The highest BCUT2D eigenvalue weighted by Gasteiger charge is 2.25. The van der Waals surface area contributed by atoms with E-state index in [1.54, 1.807) is 6.20 Å². The van der Waals surface area contributed by atoms with Gasteiger partial charge in [0.2, 0.25) is 0 Å². The Bertz CT molecular complexity index is 2600. The highest BCUT2D eigenvalue weighted by molar-refractivity contribution is 6.21. The van der Waals surface area contributed by atoms with Crippen LogP contribution in [0.5, 0.6) is 0 Å². The minimum atomic E-state index is -0.309. The molecule has 1 N–H and O–H groups in total. The van der Waals surface area contributed by atoms with Crippen molar-refractivity contribution in [2.75, 3.05) is 0 Å². The van der Waals surface area contributed by atoms with E-state index in [1.807, 2.05) is 54.6 Å². The van der Waals surface area contributed by atoms with Gasteiger partial charge in [-0.15, -0.1) is 0 Å². The quantitative estimate of drug-likeness (QED) is 0.218. The maximum atomic E-state index is 6.53. The van der Waals surface area contributed by atoms with E-state index in [-0.39, 0.29) is 6.17 Å². The van der Waals surface area contributed by atoms with Crippen molar-refractivity contribution in [2.45, 2.75) is 6.17 Å². The van der Waals surface area contributed by atoms with Gasteiger partial charge in [-0.1, -0.05) is 109 Å². The lowest BCUT2D eigenvalue weighted by Gasteiger charge is -2.23. The highest BCUT2D eigenvalue weighted by Crippen LogP contribution is 2.48. The third-order valence-corrected chi connectivity index (χ3v) is 9.32. The first kappa shape index (κ1) is 25.9. The number of furan rings is 1. The fraction of sp³-hybridized carbons (Fsp3) is 0.0238. The number of amidine groups is 2. The zero-order chi connectivity index (χ0) is 30.9. The van der Waals surface area contributed by atoms with Crippen molar-refractivity contribution in [1.29, 1.82) is 0 Å². The zero-order valence-corrected chi connectivity index (χ0v) is 25.2. The van der Waals surface area contributed by atoms with Crippen LogP contribution in [0.1, 0.15) is 23.0 Å². The van der Waals surface area contributed by atoms with Gasteiger partial charge in [0, 0.05) is 17.1 Å². The van der Waals surface area contributed by atoms with Gasteiger partial charge in [-0.25, -0.2) is 9.98 Å². The molecule has 0 amide bonds. The number of fused-ring (bicyclic) bond motifs is 6. The Hall–Kier alpha value is -6.33. The number of nitrogens with zero attached hydrogens (tertiary/aromatic N) is 3. The minimum Gasteiger partial charge on any atom is -0.456 e. The molecule has 3 heterocycles. The van der Waals surface area contributed by atoms with Gasteiger partial charge in [0.15, 0.2) is 11.7 Å². The number of pyridine rings is 1. The third kappa shape index (κ3) is 4.07. The Morgan fingerprint density at radius 2 is 1.32 bits per heavy atom. The average Bonchev–Trinajstić information content (AvgIpc) is 3.68. The molecule has 0 radical (unpaired) electrons. The van der Waals surface area contributed by atoms with Crippen LogP contribution in [0.15, 0.2) is 160 Å². The summed E-state index contributed by atoms with van der Waals surface area (Å²) in [5, 5.41) is 8.06. The van der Waals surface area contributed by atoms with Gasteiger partial charge in [0.05, 0.1) is 5.39 Å². The number of hydrogen-bond acceptors (Lipinski definition) is 5. The van der Waals surface area contributed by atoms with Crippen LogP contribution in [-0.2, 0) is 0 Å². The summed E-state index contributed by atoms with van der Waals surface area (Å²) < 4.78 is 6.53. The zero-order valence-electron chi connectivity index (χ0n) is 25.2. The van der Waals surface area contributed by atoms with Crippen LogP contribution in [0.3, 0.4) is 0 Å². The first-order valence-corrected chi connectivity index (χ1v) is 15.8. The third-order valence-electron chi connectivity index (χ3n) is 9.32. The van der Waals surface area contributed by atoms with E-state index >= 15 is 0 Å². The Kier molecular flexibility index (Phi) is 5.57. The molecule has 47 heavy (non-hydrogen) atoms. The average molecular weight is 603 g/mol. The number of nitrogens with one attached hydrogen (secondary N) is 1. The van der Waals surface area contributed by atoms with E-state index in [4.69, 9.17) is 19.4 Å². The monoisotopic (exact) mass is 602 g/mol. The van der Waals surface area contributed by atoms with Gasteiger partial charge in [-0.3, -0.25) is 4.98 Å². The SMILES string of the molecule is c1ccc(C2=NC(c3ccccc3)NC(c3nccc4oc5cc(-c6cc7c8c(cccc8c6)-c6ccccc6-7)ccc5c34)=N2)cc1. The first-order chi connectivity index (χ1) is 23.3. The number of aliphatic imine (C=N–C) groups is 2. The fourth-order valence-corrected chi connectivity index (χ4v) is 7.16. The second-order valence-corrected chi connectivity index (χ2v) is 12.1. The molecule has 2 aromatic heterocycles. The summed E-state index contributed by atoms with van der Waals surface area (Å²) in [5.74, 6) is 1.33. The molecule has 8 aromatic rings. The van der Waals surface area contributed by atoms with E-state index < -0.39 is 0 Å². The maximum absolute atomic E-state index is 6.53. The van der Waals surface area contributed by atoms with Crippen LogP contribution < -0.4 is 5.32 Å². The van der Waals surface area contributed by atoms with Crippen molar-refractivity contribution in [3.8, 4) is 33.4 Å². The van der Waals surface area contributed by atoms with Gasteiger partial charge < -0.3 is 9.73 Å². The Morgan fingerprint density at radius 3 is 2.17 bits per heavy atom. The van der Waals surface area contributed by atoms with E-state index in [0.717, 1.165) is 49.9 Å². The van der Waals surface area contributed by atoms with Crippen LogP contribution in [0.25, 0.3) is 66.1 Å². The molecule has 5 heteroatoms. The van der Waals surface area contributed by atoms with Crippen LogP contribution in [-0.4, -0.2) is 16.7 Å². The van der Waals surface area contributed by atoms with E-state index in [0.29, 0.717) is 11.7 Å². The van der Waals surface area contributed by atoms with Gasteiger partial charge in [0.25, 0.3) is 0 Å². The van der Waals surface area contributed by atoms with Gasteiger partial charge in [0.1, 0.15) is 23.0 Å². The summed E-state index contributed by atoms with van der Waals surface area (Å²) in [5.41, 5.74) is 11.8. The predicted molar refractivity (Wildman–Crippen MR) is 191 cm³/mol. The van der Waals surface area contributed by atoms with Gasteiger partial charge in [-0.2, -0.15) is 0 Å². The molecule has 0 fully saturated rings. The Morgan fingerprint density at radius 1 is 0.553 bits per heavy atom. The summed E-state index contributed by atoms with van der Waals surface area (Å²) in [6.45, 7) is 0. The molecule has 6 aromatic carbocycles. The van der Waals surface area contributed by atoms with E-state index in [2.05, 4.69) is 90.2 Å². The second-order valence-electron chi connectivity index (χ2n) is 12.1. The Labute approximate surface area is 270 Å². The van der Waals surface area contributed by atoms with Crippen molar-refractivity contribution in [1.82, 2.24) is 10.3 Å². The van der Waals surface area contributed by atoms with E-state index in [9.17, 15) is 0 Å². The molecule has 0 saturated heterocycles. The van der Waals surface area contributed by atoms with Crippen molar-refractivity contribution >= 4 is 44.4 Å². The lowest BCUT2D eigenvalue weighted by atomic mass is 9.95. The van der Waals surface area contributed by atoms with Crippen LogP contribution in [0, 0.1) is 0 Å². The van der Waals surface area contributed by atoms with Crippen LogP contribution in [0.4, 0.5) is 0 Å². The van der Waals surface area contributed by atoms with E-state index in [1.165, 1.54) is 33.0 Å². The fourth-order valence-electron chi connectivity index (χ4n) is 7.16. The summed E-state index contributed by atoms with van der Waals surface area (Å²) in [6, 6.07) is 48.6. The van der Waals surface area contributed by atoms with Crippen LogP contribution in [0.2, 0.25) is 0 Å². The first-order valence-electron chi connectivity index (χ1n) is 15.8. The number of aromatic nitrogens is 1. The minimum absolute atomic E-state index is 0.309. The number of benzene rings is 6. The number of rotatable bonds is 4. The normalized spacial score (nSPS) is 15.0. The molecular formula is C42H26N4O. The lowest BCUT2D eigenvalue weighted by molar-refractivity contribution is 0.666. The highest BCUT2D eigenvalue weighted by atomic mass is 16.3. The topological polar surface area (TPSA) is 62.8 Å². The Balaban J connectivity index is 1.11. The maximum Gasteiger partial charge on any atom is 0.159 e. The second kappa shape index (κ2) is 10.1. The molecule has 1 aliphatic carbocycles. The summed E-state index contributed by atoms with van der Waals surface area (Å²) in [4.78, 5) is 14.9. The predicted octanol–water partition coefficient (Wildman–Crippen LogP) is 9.94. The van der Waals surface area contributed by atoms with Crippen molar-refractivity contribution < 1.29 is 4.42 Å². The molecule has 1 atom stereocenters. The van der Waals surface area contributed by atoms with Gasteiger partial charge in [-0.05, 0) is 80.0 Å². The van der Waals surface area contributed by atoms with Gasteiger partial charge >= 0.3 is 0 Å². The van der Waals surface area contributed by atoms with Crippen LogP contribution >= 0.6 is 0 Å². The largest absolute Gasteiger partial charge is 0.456 e. The lowest BCUT2D eigenvalue weighted by Crippen LogP contribution is -2.34. The summed E-state index contributed by atoms with van der Waals surface area (Å²) in [7, 11) is 0. The molecular weight excluding hydrogens is 576 g/mol. The van der Waals surface area contributed by atoms with Crippen molar-refractivity contribution in [2.24, 2.45) is 9.98 Å². The molecule has 1 unspecified atom stereocenters. The molecule has 1 aliphatic heterocycles. The summed E-state index contributed by atoms with van der Waals surface area (Å²) >= 11 is 0. The smallest absolute Gasteiger partial charge is 0.159 e. The molecule has 220 valence electrons. The molecule has 2 aliphatic rings. The summed E-state index contributed by atoms with van der Waals surface area (Å²) in [6.07, 6.45) is 1.48. The van der Waals surface area contributed by atoms with Crippen molar-refractivity contribution in [3.63, 3.8) is 0 Å². The molecule has 5 nitrogen and oxygen atoms in total. The molecule has 10 rings (SSSR count).